The molecule has 1 aliphatic heterocycles. The van der Waals surface area contributed by atoms with Crippen LogP contribution in [0.3, 0.4) is 0 Å². The predicted octanol–water partition coefficient (Wildman–Crippen LogP) is 0.784. The molecule has 0 saturated carbocycles. The van der Waals surface area contributed by atoms with Crippen LogP contribution in [0.4, 0.5) is 0 Å². The first-order chi connectivity index (χ1) is 7.04. The highest BCUT2D eigenvalue weighted by Gasteiger charge is 2.38. The molecule has 0 spiro atoms. The van der Waals surface area contributed by atoms with Crippen LogP contribution in [0.1, 0.15) is 0 Å². The summed E-state index contributed by atoms with van der Waals surface area (Å²) >= 11 is 0. The van der Waals surface area contributed by atoms with E-state index in [9.17, 15) is 20.2 Å². The summed E-state index contributed by atoms with van der Waals surface area (Å²) in [5.74, 6) is 1.08. The zero-order valence-electron chi connectivity index (χ0n) is 7.49. The minimum absolute atomic E-state index is 0.173. The molecule has 0 aromatic rings. The van der Waals surface area contributed by atoms with Crippen molar-refractivity contribution >= 4 is 21.6 Å². The number of nitrogens with zero attached hydrogens (tertiary/aromatic N) is 2. The number of rotatable bonds is 6. The van der Waals surface area contributed by atoms with Gasteiger partial charge in [0.25, 0.3) is 10.2 Å². The van der Waals surface area contributed by atoms with Crippen LogP contribution in [0.15, 0.2) is 0 Å². The Morgan fingerprint density at radius 1 is 1.07 bits per heavy atom. The molecule has 0 unspecified atom stereocenters. The minimum atomic E-state index is -0.901. The van der Waals surface area contributed by atoms with Gasteiger partial charge in [-0.3, -0.25) is 0 Å². The maximum Gasteiger partial charge on any atom is 0.294 e. The summed E-state index contributed by atoms with van der Waals surface area (Å²) in [7, 11) is 2.99. The third-order valence-corrected chi connectivity index (χ3v) is 4.60. The van der Waals surface area contributed by atoms with Crippen molar-refractivity contribution in [2.45, 2.75) is 0 Å². The average molecular weight is 256 g/mol. The van der Waals surface area contributed by atoms with Crippen LogP contribution in [0.2, 0.25) is 0 Å². The van der Waals surface area contributed by atoms with Gasteiger partial charge >= 0.3 is 0 Å². The topological polar surface area (TPSA) is 105 Å². The van der Waals surface area contributed by atoms with Gasteiger partial charge in [0.15, 0.2) is 0 Å². The van der Waals surface area contributed by atoms with Gasteiger partial charge in [-0.1, -0.05) is 21.6 Å². The Kier molecular flexibility index (Phi) is 4.27. The summed E-state index contributed by atoms with van der Waals surface area (Å²) < 4.78 is 0. The molecule has 0 aromatic carbocycles. The van der Waals surface area contributed by atoms with E-state index < -0.39 is 15.6 Å². The molecule has 0 N–H and O–H groups in total. The Hall–Kier alpha value is -0.900. The molecular weight excluding hydrogens is 248 g/mol. The van der Waals surface area contributed by atoms with Crippen LogP contribution in [-0.4, -0.2) is 34.9 Å². The summed E-state index contributed by atoms with van der Waals surface area (Å²) in [6.45, 7) is -0.346. The van der Waals surface area contributed by atoms with Gasteiger partial charge in [0.05, 0.1) is 0 Å². The van der Waals surface area contributed by atoms with Crippen LogP contribution in [0.25, 0.3) is 0 Å². The van der Waals surface area contributed by atoms with Crippen molar-refractivity contribution in [1.29, 1.82) is 0 Å². The van der Waals surface area contributed by atoms with Crippen molar-refractivity contribution in [3.8, 4) is 0 Å². The second-order valence-electron chi connectivity index (χ2n) is 3.02. The molecule has 10 heteroatoms. The summed E-state index contributed by atoms with van der Waals surface area (Å²) in [6, 6.07) is 0. The van der Waals surface area contributed by atoms with Gasteiger partial charge in [0, 0.05) is 16.9 Å². The second-order valence-corrected chi connectivity index (χ2v) is 5.48. The molecule has 8 nitrogen and oxygen atoms in total. The van der Waals surface area contributed by atoms with Crippen molar-refractivity contribution in [3.05, 3.63) is 20.2 Å². The Labute approximate surface area is 92.3 Å². The van der Waals surface area contributed by atoms with E-state index in [1.807, 2.05) is 0 Å². The lowest BCUT2D eigenvalue weighted by atomic mass is 9.96. The summed E-state index contributed by atoms with van der Waals surface area (Å²) in [4.78, 5) is 28.6. The first-order valence-electron chi connectivity index (χ1n) is 3.83. The predicted molar refractivity (Wildman–Crippen MR) is 53.2 cm³/mol. The van der Waals surface area contributed by atoms with Crippen LogP contribution >= 0.6 is 21.6 Å². The normalized spacial score (nSPS) is 18.4. The fourth-order valence-electron chi connectivity index (χ4n) is 0.963. The highest BCUT2D eigenvalue weighted by Crippen LogP contribution is 2.43. The lowest BCUT2D eigenvalue weighted by Gasteiger charge is -2.24. The standard InChI is InChI=1S/C5H8N2O6S2/c8-6(9)12-1-5(2-13-7(10)11)3-14-15-4-5/h1-4H2. The molecule has 0 aromatic heterocycles. The highest BCUT2D eigenvalue weighted by atomic mass is 33.1. The van der Waals surface area contributed by atoms with Gasteiger partial charge in [0.1, 0.15) is 13.2 Å². The Bertz CT molecular complexity index is 236. The van der Waals surface area contributed by atoms with Gasteiger partial charge < -0.3 is 9.68 Å². The molecule has 0 aliphatic carbocycles. The molecule has 1 aliphatic rings. The first-order valence-corrected chi connectivity index (χ1v) is 6.32. The summed E-state index contributed by atoms with van der Waals surface area (Å²) in [6.07, 6.45) is 0. The third-order valence-electron chi connectivity index (χ3n) is 1.77. The third kappa shape index (κ3) is 4.00. The quantitative estimate of drug-likeness (QED) is 0.390. The molecule has 1 heterocycles. The highest BCUT2D eigenvalue weighted by molar-refractivity contribution is 8.77. The van der Waals surface area contributed by atoms with Crippen LogP contribution in [0, 0.1) is 25.6 Å². The van der Waals surface area contributed by atoms with E-state index in [0.717, 1.165) is 0 Å². The summed E-state index contributed by atoms with van der Waals surface area (Å²) in [5, 5.41) is 18.3. The van der Waals surface area contributed by atoms with Crippen molar-refractivity contribution in [2.75, 3.05) is 24.7 Å². The fourth-order valence-corrected chi connectivity index (χ4v) is 4.30. The molecule has 1 saturated heterocycles. The lowest BCUT2D eigenvalue weighted by molar-refractivity contribution is -0.771. The SMILES string of the molecule is O=[N+]([O-])OCC1(CO[N+](=O)[O-])CSSC1. The Balaban J connectivity index is 2.46. The average Bonchev–Trinajstić information content (AvgIpc) is 2.61. The van der Waals surface area contributed by atoms with Crippen LogP contribution < -0.4 is 0 Å². The lowest BCUT2D eigenvalue weighted by Crippen LogP contribution is -2.36. The largest absolute Gasteiger partial charge is 0.313 e. The van der Waals surface area contributed by atoms with E-state index in [1.54, 1.807) is 0 Å². The van der Waals surface area contributed by atoms with Crippen LogP contribution in [-0.2, 0) is 9.68 Å². The second kappa shape index (κ2) is 5.26. The van der Waals surface area contributed by atoms with Gasteiger partial charge in [-0.25, -0.2) is 0 Å². The minimum Gasteiger partial charge on any atom is -0.313 e. The van der Waals surface area contributed by atoms with E-state index in [4.69, 9.17) is 0 Å². The fraction of sp³-hybridized carbons (Fsp3) is 1.00. The smallest absolute Gasteiger partial charge is 0.294 e. The molecule has 15 heavy (non-hydrogen) atoms. The van der Waals surface area contributed by atoms with Crippen molar-refractivity contribution in [1.82, 2.24) is 0 Å². The van der Waals surface area contributed by atoms with Gasteiger partial charge in [0.2, 0.25) is 0 Å². The molecule has 0 bridgehead atoms. The molecule has 1 rings (SSSR count). The molecule has 0 radical (unpaired) electrons. The number of hydrogen-bond acceptors (Lipinski definition) is 8. The Morgan fingerprint density at radius 2 is 1.47 bits per heavy atom. The Morgan fingerprint density at radius 3 is 1.80 bits per heavy atom. The van der Waals surface area contributed by atoms with Gasteiger partial charge in [-0.05, 0) is 0 Å². The van der Waals surface area contributed by atoms with Gasteiger partial charge in [-0.15, -0.1) is 20.2 Å². The maximum absolute atomic E-state index is 10.0. The van der Waals surface area contributed by atoms with Crippen molar-refractivity contribution in [3.63, 3.8) is 0 Å². The van der Waals surface area contributed by atoms with Crippen LogP contribution in [0.5, 0.6) is 0 Å². The van der Waals surface area contributed by atoms with E-state index >= 15 is 0 Å². The van der Waals surface area contributed by atoms with E-state index in [2.05, 4.69) is 9.68 Å². The molecule has 0 atom stereocenters. The maximum atomic E-state index is 10.0. The monoisotopic (exact) mass is 256 g/mol. The number of hydrogen-bond donors (Lipinski definition) is 0. The van der Waals surface area contributed by atoms with Crippen molar-refractivity contribution < 1.29 is 19.8 Å². The molecule has 1 fully saturated rings. The van der Waals surface area contributed by atoms with E-state index in [-0.39, 0.29) is 13.2 Å². The van der Waals surface area contributed by atoms with Gasteiger partial charge in [-0.2, -0.15) is 0 Å². The molecule has 0 amide bonds. The van der Waals surface area contributed by atoms with E-state index in [1.165, 1.54) is 21.6 Å². The van der Waals surface area contributed by atoms with E-state index in [0.29, 0.717) is 11.5 Å². The molecular formula is C5H8N2O6S2. The summed E-state index contributed by atoms with van der Waals surface area (Å²) in [5.41, 5.74) is -0.643. The molecule has 86 valence electrons. The first kappa shape index (κ1) is 12.2. The zero-order chi connectivity index (χ0) is 11.3. The zero-order valence-corrected chi connectivity index (χ0v) is 9.12. The van der Waals surface area contributed by atoms with Crippen molar-refractivity contribution in [2.24, 2.45) is 5.41 Å².